The van der Waals surface area contributed by atoms with Crippen LogP contribution in [0.1, 0.15) is 27.7 Å². The first-order valence-electron chi connectivity index (χ1n) is 3.87. The van der Waals surface area contributed by atoms with Crippen LogP contribution in [0, 0.1) is 0 Å². The lowest BCUT2D eigenvalue weighted by molar-refractivity contribution is 1.12. The second kappa shape index (κ2) is 3.11. The molecule has 0 N–H and O–H groups in total. The van der Waals surface area contributed by atoms with Gasteiger partial charge in [0.15, 0.2) is 0 Å². The van der Waals surface area contributed by atoms with E-state index in [0.29, 0.717) is 5.54 Å². The van der Waals surface area contributed by atoms with Gasteiger partial charge in [-0.1, -0.05) is 11.1 Å². The Bertz CT molecular complexity index is 212. The summed E-state index contributed by atoms with van der Waals surface area (Å²) in [7, 11) is 4.45. The summed E-state index contributed by atoms with van der Waals surface area (Å²) < 4.78 is 0. The molecule has 0 heterocycles. The highest BCUT2D eigenvalue weighted by Crippen LogP contribution is 2.39. The molecule has 11 heavy (non-hydrogen) atoms. The monoisotopic (exact) mass is 177 g/mol. The summed E-state index contributed by atoms with van der Waals surface area (Å²) in [6.45, 7) is 8.93. The summed E-state index contributed by atoms with van der Waals surface area (Å²) in [5, 5.41) is 0. The highest BCUT2D eigenvalue weighted by atomic mass is 29.1. The van der Waals surface area contributed by atoms with Gasteiger partial charge in [-0.05, 0) is 44.4 Å². The maximum atomic E-state index is 3.62. The van der Waals surface area contributed by atoms with Gasteiger partial charge >= 0.3 is 0 Å². The first-order chi connectivity index (χ1) is 5.09. The Balaban J connectivity index is 3.04. The summed E-state index contributed by atoms with van der Waals surface area (Å²) in [6.07, 6.45) is 0. The van der Waals surface area contributed by atoms with E-state index in [1.165, 1.54) is 11.1 Å². The summed E-state index contributed by atoms with van der Waals surface area (Å²) in [4.78, 5) is 0. The van der Waals surface area contributed by atoms with Crippen molar-refractivity contribution in [1.82, 2.24) is 0 Å². The minimum Gasteiger partial charge on any atom is -0.0665 e. The first-order valence-corrected chi connectivity index (χ1v) is 6.44. The summed E-state index contributed by atoms with van der Waals surface area (Å²) in [5.74, 6) is 0. The SMILES string of the molecule is CC1=C(C)C([Si][Si])C(C)=C1C. The Morgan fingerprint density at radius 1 is 1.00 bits per heavy atom. The molecule has 0 spiro atoms. The fourth-order valence-electron chi connectivity index (χ4n) is 1.57. The van der Waals surface area contributed by atoms with Crippen molar-refractivity contribution >= 4 is 18.8 Å². The van der Waals surface area contributed by atoms with E-state index in [-0.39, 0.29) is 0 Å². The van der Waals surface area contributed by atoms with Crippen molar-refractivity contribution in [1.29, 1.82) is 0 Å². The minimum absolute atomic E-state index is 0.687. The van der Waals surface area contributed by atoms with Gasteiger partial charge in [-0.25, -0.2) is 0 Å². The van der Waals surface area contributed by atoms with Crippen LogP contribution in [-0.4, -0.2) is 18.8 Å². The molecule has 0 amide bonds. The summed E-state index contributed by atoms with van der Waals surface area (Å²) in [5.41, 5.74) is 6.78. The normalized spacial score (nSPS) is 20.5. The van der Waals surface area contributed by atoms with Crippen LogP contribution in [0.5, 0.6) is 0 Å². The van der Waals surface area contributed by atoms with Crippen molar-refractivity contribution in [2.45, 2.75) is 33.2 Å². The van der Waals surface area contributed by atoms with Gasteiger partial charge in [0, 0.05) is 18.8 Å². The predicted molar refractivity (Wildman–Crippen MR) is 52.0 cm³/mol. The van der Waals surface area contributed by atoms with E-state index in [0.717, 1.165) is 9.04 Å². The minimum atomic E-state index is 0.687. The Morgan fingerprint density at radius 2 is 1.36 bits per heavy atom. The van der Waals surface area contributed by atoms with Crippen LogP contribution in [0.2, 0.25) is 5.54 Å². The highest BCUT2D eigenvalue weighted by molar-refractivity contribution is 6.91. The molecule has 0 aliphatic heterocycles. The van der Waals surface area contributed by atoms with E-state index >= 15 is 0 Å². The van der Waals surface area contributed by atoms with Gasteiger partial charge in [0.05, 0.1) is 0 Å². The van der Waals surface area contributed by atoms with Crippen molar-refractivity contribution in [2.24, 2.45) is 0 Å². The molecule has 2 heteroatoms. The predicted octanol–water partition coefficient (Wildman–Crippen LogP) is 2.25. The van der Waals surface area contributed by atoms with Crippen LogP contribution in [0.15, 0.2) is 22.3 Å². The van der Waals surface area contributed by atoms with E-state index in [4.69, 9.17) is 0 Å². The van der Waals surface area contributed by atoms with Crippen molar-refractivity contribution in [2.75, 3.05) is 0 Å². The lowest BCUT2D eigenvalue weighted by Gasteiger charge is -2.10. The molecule has 0 saturated heterocycles. The van der Waals surface area contributed by atoms with Gasteiger partial charge in [-0.15, -0.1) is 0 Å². The zero-order valence-corrected chi connectivity index (χ0v) is 9.58. The molecule has 0 aromatic carbocycles. The van der Waals surface area contributed by atoms with Gasteiger partial charge in [0.2, 0.25) is 0 Å². The van der Waals surface area contributed by atoms with E-state index in [9.17, 15) is 0 Å². The zero-order chi connectivity index (χ0) is 8.59. The maximum Gasteiger partial charge on any atom is 0.0334 e. The van der Waals surface area contributed by atoms with Crippen LogP contribution >= 0.6 is 0 Å². The van der Waals surface area contributed by atoms with Crippen molar-refractivity contribution in [3.63, 3.8) is 0 Å². The molecule has 1 aliphatic carbocycles. The third kappa shape index (κ3) is 1.29. The van der Waals surface area contributed by atoms with Crippen molar-refractivity contribution in [3.05, 3.63) is 22.3 Å². The maximum absolute atomic E-state index is 3.62. The Morgan fingerprint density at radius 3 is 1.55 bits per heavy atom. The molecule has 1 rings (SSSR count). The quantitative estimate of drug-likeness (QED) is 0.539. The van der Waals surface area contributed by atoms with Crippen LogP contribution in [0.4, 0.5) is 0 Å². The molecular formula is C9H13Si2. The van der Waals surface area contributed by atoms with E-state index in [1.807, 2.05) is 0 Å². The fourth-order valence-corrected chi connectivity index (χ4v) is 3.73. The highest BCUT2D eigenvalue weighted by Gasteiger charge is 2.22. The summed E-state index contributed by atoms with van der Waals surface area (Å²) in [6, 6.07) is 0. The van der Waals surface area contributed by atoms with Crippen molar-refractivity contribution < 1.29 is 0 Å². The van der Waals surface area contributed by atoms with Gasteiger partial charge in [0.25, 0.3) is 0 Å². The van der Waals surface area contributed by atoms with Gasteiger partial charge in [-0.3, -0.25) is 0 Å². The Labute approximate surface area is 74.8 Å². The lowest BCUT2D eigenvalue weighted by atomic mass is 10.1. The van der Waals surface area contributed by atoms with E-state index in [1.54, 1.807) is 11.1 Å². The molecule has 57 valence electrons. The van der Waals surface area contributed by atoms with E-state index in [2.05, 4.69) is 37.5 Å². The molecule has 5 radical (unpaired) electrons. The van der Waals surface area contributed by atoms with Crippen molar-refractivity contribution in [3.8, 4) is 0 Å². The first kappa shape index (κ1) is 9.01. The fraction of sp³-hybridized carbons (Fsp3) is 0.556. The number of allylic oxidation sites excluding steroid dienone is 4. The second-order valence-electron chi connectivity index (χ2n) is 3.19. The molecular weight excluding hydrogens is 164 g/mol. The molecule has 0 atom stereocenters. The van der Waals surface area contributed by atoms with Crippen LogP contribution < -0.4 is 0 Å². The summed E-state index contributed by atoms with van der Waals surface area (Å²) >= 11 is 0. The average molecular weight is 177 g/mol. The number of hydrogen-bond acceptors (Lipinski definition) is 0. The molecule has 1 aliphatic rings. The standard InChI is InChI=1S/C9H13Si2/c1-5-6(2)8(4)9(11-10)7(5)3/h9H,1-4H3. The Hall–Kier alpha value is -0.0862. The zero-order valence-electron chi connectivity index (χ0n) is 7.58. The molecule has 0 nitrogen and oxygen atoms in total. The number of hydrogen-bond donors (Lipinski definition) is 0. The molecule has 0 aromatic heterocycles. The third-order valence-corrected chi connectivity index (χ3v) is 4.78. The molecule has 0 bridgehead atoms. The molecule has 0 fully saturated rings. The number of rotatable bonds is 1. The smallest absolute Gasteiger partial charge is 0.0334 e. The molecule has 0 aromatic rings. The topological polar surface area (TPSA) is 0 Å². The van der Waals surface area contributed by atoms with Crippen LogP contribution in [0.25, 0.3) is 0 Å². The second-order valence-corrected chi connectivity index (χ2v) is 4.93. The van der Waals surface area contributed by atoms with Gasteiger partial charge in [-0.2, -0.15) is 0 Å². The van der Waals surface area contributed by atoms with Gasteiger partial charge in [0.1, 0.15) is 0 Å². The Kier molecular flexibility index (Phi) is 2.55. The molecule has 0 saturated carbocycles. The largest absolute Gasteiger partial charge is 0.0665 e. The van der Waals surface area contributed by atoms with E-state index < -0.39 is 0 Å². The third-order valence-electron chi connectivity index (χ3n) is 2.76. The van der Waals surface area contributed by atoms with Crippen LogP contribution in [0.3, 0.4) is 0 Å². The van der Waals surface area contributed by atoms with Gasteiger partial charge < -0.3 is 0 Å². The van der Waals surface area contributed by atoms with Crippen LogP contribution in [-0.2, 0) is 0 Å². The lowest BCUT2D eigenvalue weighted by Crippen LogP contribution is -2.03. The average Bonchev–Trinajstić information content (AvgIpc) is 2.17. The molecule has 0 unspecified atom stereocenters.